The summed E-state index contributed by atoms with van der Waals surface area (Å²) in [6, 6.07) is 12.0. The molecule has 4 heterocycles. The van der Waals surface area contributed by atoms with E-state index in [0.29, 0.717) is 38.5 Å². The van der Waals surface area contributed by atoms with Gasteiger partial charge in [0.25, 0.3) is 0 Å². The van der Waals surface area contributed by atoms with Crippen LogP contribution in [0.3, 0.4) is 0 Å². The minimum absolute atomic E-state index is 0.178. The Hall–Kier alpha value is -3.62. The van der Waals surface area contributed by atoms with Crippen LogP contribution in [0.15, 0.2) is 48.7 Å². The molecule has 1 aromatic carbocycles. The fourth-order valence-electron chi connectivity index (χ4n) is 5.23. The number of carbonyl (C=O) groups excluding carboxylic acids is 2. The molecule has 0 spiro atoms. The monoisotopic (exact) mass is 505 g/mol. The first-order valence-electron chi connectivity index (χ1n) is 13.0. The summed E-state index contributed by atoms with van der Waals surface area (Å²) in [4.78, 5) is 40.5. The molecule has 2 aromatic rings. The second-order valence-electron chi connectivity index (χ2n) is 10.9. The van der Waals surface area contributed by atoms with Crippen molar-refractivity contribution in [1.82, 2.24) is 19.8 Å². The van der Waals surface area contributed by atoms with Crippen LogP contribution in [0, 0.1) is 0 Å². The van der Waals surface area contributed by atoms with E-state index in [9.17, 15) is 9.59 Å². The van der Waals surface area contributed by atoms with Crippen molar-refractivity contribution in [3.8, 4) is 0 Å². The van der Waals surface area contributed by atoms with Crippen LogP contribution in [0.1, 0.15) is 51.3 Å². The van der Waals surface area contributed by atoms with E-state index in [1.807, 2.05) is 62.1 Å². The summed E-state index contributed by atoms with van der Waals surface area (Å²) >= 11 is 0. The van der Waals surface area contributed by atoms with Crippen molar-refractivity contribution in [3.05, 3.63) is 59.9 Å². The number of nitrogens with zero attached hydrogens (tertiary/aromatic N) is 5. The Bertz CT molecular complexity index is 1150. The highest BCUT2D eigenvalue weighted by molar-refractivity contribution is 5.72. The highest BCUT2D eigenvalue weighted by Gasteiger charge is 2.43. The number of hydrogen-bond donors (Lipinski definition) is 0. The van der Waals surface area contributed by atoms with Crippen LogP contribution in [0.2, 0.25) is 0 Å². The van der Waals surface area contributed by atoms with Gasteiger partial charge in [-0.3, -0.25) is 0 Å². The Kier molecular flexibility index (Phi) is 7.04. The fraction of sp³-hybridized carbons (Fsp3) is 0.500. The predicted molar refractivity (Wildman–Crippen MR) is 140 cm³/mol. The molecule has 3 aliphatic rings. The Morgan fingerprint density at radius 2 is 1.73 bits per heavy atom. The lowest BCUT2D eigenvalue weighted by atomic mass is 10.0. The topological polar surface area (TPSA) is 88.1 Å². The standard InChI is InChI=1S/C28H35N5O4/c1-28(2,3)37-27(35)32-17-22-9-10-23(18-32)33(22)25-29-14-11-24(30-25)21-12-15-31(16-13-21)26(34)36-19-20-7-5-4-6-8-20/h4-8,11-12,14,22-23H,9-10,13,15-19H2,1-3H3. The third kappa shape index (κ3) is 5.87. The van der Waals surface area contributed by atoms with Crippen LogP contribution >= 0.6 is 0 Å². The maximum atomic E-state index is 12.6. The van der Waals surface area contributed by atoms with Crippen LogP contribution in [-0.2, 0) is 16.1 Å². The molecule has 37 heavy (non-hydrogen) atoms. The molecule has 2 amide bonds. The maximum absolute atomic E-state index is 12.6. The molecule has 0 N–H and O–H groups in total. The molecule has 2 fully saturated rings. The highest BCUT2D eigenvalue weighted by atomic mass is 16.6. The normalized spacial score (nSPS) is 21.5. The Morgan fingerprint density at radius 1 is 1.00 bits per heavy atom. The smallest absolute Gasteiger partial charge is 0.410 e. The first-order chi connectivity index (χ1) is 17.8. The molecule has 2 unspecified atom stereocenters. The molecular weight excluding hydrogens is 470 g/mol. The molecule has 196 valence electrons. The summed E-state index contributed by atoms with van der Waals surface area (Å²) in [6.45, 7) is 8.24. The number of hydrogen-bond acceptors (Lipinski definition) is 7. The average Bonchev–Trinajstić information content (AvgIpc) is 3.16. The average molecular weight is 506 g/mol. The number of amides is 2. The Labute approximate surface area is 218 Å². The number of carbonyl (C=O) groups is 2. The lowest BCUT2D eigenvalue weighted by molar-refractivity contribution is 0.0208. The van der Waals surface area contributed by atoms with Gasteiger partial charge in [-0.15, -0.1) is 0 Å². The van der Waals surface area contributed by atoms with Crippen molar-refractivity contribution in [3.63, 3.8) is 0 Å². The summed E-state index contributed by atoms with van der Waals surface area (Å²) < 4.78 is 11.1. The molecule has 3 aliphatic heterocycles. The summed E-state index contributed by atoms with van der Waals surface area (Å²) in [5, 5.41) is 0. The molecule has 5 rings (SSSR count). The van der Waals surface area contributed by atoms with E-state index in [1.165, 1.54) is 0 Å². The lowest BCUT2D eigenvalue weighted by Gasteiger charge is -2.41. The van der Waals surface area contributed by atoms with Gasteiger partial charge >= 0.3 is 12.2 Å². The maximum Gasteiger partial charge on any atom is 0.410 e. The Morgan fingerprint density at radius 3 is 2.38 bits per heavy atom. The molecule has 2 saturated heterocycles. The molecule has 0 saturated carbocycles. The summed E-state index contributed by atoms with van der Waals surface area (Å²) in [5.41, 5.74) is 2.46. The van der Waals surface area contributed by atoms with Gasteiger partial charge in [0, 0.05) is 32.4 Å². The van der Waals surface area contributed by atoms with Gasteiger partial charge < -0.3 is 24.2 Å². The third-order valence-electron chi connectivity index (χ3n) is 7.01. The van der Waals surface area contributed by atoms with E-state index < -0.39 is 5.60 Å². The molecule has 0 aliphatic carbocycles. The number of benzene rings is 1. The second kappa shape index (κ2) is 10.4. The Balaban J connectivity index is 1.20. The van der Waals surface area contributed by atoms with Crippen molar-refractivity contribution in [1.29, 1.82) is 0 Å². The van der Waals surface area contributed by atoms with Crippen molar-refractivity contribution >= 4 is 23.7 Å². The molecule has 2 bridgehead atoms. The second-order valence-corrected chi connectivity index (χ2v) is 10.9. The number of anilines is 1. The third-order valence-corrected chi connectivity index (χ3v) is 7.01. The SMILES string of the molecule is CC(C)(C)OC(=O)N1CC2CCC(C1)N2c1nccc(C2=CCN(C(=O)OCc3ccccc3)CC2)n1. The van der Waals surface area contributed by atoms with Crippen molar-refractivity contribution in [2.45, 2.75) is 64.3 Å². The van der Waals surface area contributed by atoms with Crippen molar-refractivity contribution in [2.24, 2.45) is 0 Å². The zero-order valence-corrected chi connectivity index (χ0v) is 21.8. The van der Waals surface area contributed by atoms with Gasteiger partial charge in [0.2, 0.25) is 5.95 Å². The molecular formula is C28H35N5O4. The summed E-state index contributed by atoms with van der Waals surface area (Å²) in [7, 11) is 0. The predicted octanol–water partition coefficient (Wildman–Crippen LogP) is 4.49. The minimum atomic E-state index is -0.507. The fourth-order valence-corrected chi connectivity index (χ4v) is 5.23. The van der Waals surface area contributed by atoms with Crippen LogP contribution in [0.25, 0.3) is 5.57 Å². The quantitative estimate of drug-likeness (QED) is 0.605. The van der Waals surface area contributed by atoms with Gasteiger partial charge in [-0.2, -0.15) is 0 Å². The van der Waals surface area contributed by atoms with Crippen LogP contribution in [0.5, 0.6) is 0 Å². The van der Waals surface area contributed by atoms with E-state index in [4.69, 9.17) is 14.5 Å². The molecule has 1 aromatic heterocycles. The number of ether oxygens (including phenoxy) is 2. The van der Waals surface area contributed by atoms with Gasteiger partial charge in [0.1, 0.15) is 12.2 Å². The molecule has 2 atom stereocenters. The summed E-state index contributed by atoms with van der Waals surface area (Å²) in [5.74, 6) is 0.708. The molecule has 0 radical (unpaired) electrons. The molecule has 9 heteroatoms. The van der Waals surface area contributed by atoms with Gasteiger partial charge in [0.05, 0.1) is 17.8 Å². The number of fused-ring (bicyclic) bond motifs is 2. The zero-order chi connectivity index (χ0) is 26.0. The van der Waals surface area contributed by atoms with Gasteiger partial charge in [0.15, 0.2) is 0 Å². The van der Waals surface area contributed by atoms with Gasteiger partial charge in [-0.05, 0) is 57.2 Å². The minimum Gasteiger partial charge on any atom is -0.445 e. The van der Waals surface area contributed by atoms with Crippen LogP contribution < -0.4 is 4.90 Å². The first kappa shape index (κ1) is 25.0. The van der Waals surface area contributed by atoms with E-state index in [1.54, 1.807) is 11.1 Å². The van der Waals surface area contributed by atoms with Crippen molar-refractivity contribution < 1.29 is 19.1 Å². The van der Waals surface area contributed by atoms with E-state index in [2.05, 4.69) is 16.0 Å². The first-order valence-corrected chi connectivity index (χ1v) is 13.0. The van der Waals surface area contributed by atoms with Crippen LogP contribution in [0.4, 0.5) is 15.5 Å². The lowest BCUT2D eigenvalue weighted by Crippen LogP contribution is -2.56. The number of rotatable bonds is 4. The van der Waals surface area contributed by atoms with Gasteiger partial charge in [-0.1, -0.05) is 36.4 Å². The largest absolute Gasteiger partial charge is 0.445 e. The van der Waals surface area contributed by atoms with Crippen molar-refractivity contribution in [2.75, 3.05) is 31.1 Å². The van der Waals surface area contributed by atoms with Crippen LogP contribution in [-0.4, -0.2) is 75.8 Å². The highest BCUT2D eigenvalue weighted by Crippen LogP contribution is 2.34. The zero-order valence-electron chi connectivity index (χ0n) is 21.8. The van der Waals surface area contributed by atoms with E-state index in [0.717, 1.165) is 29.7 Å². The molecule has 9 nitrogen and oxygen atoms in total. The van der Waals surface area contributed by atoms with E-state index >= 15 is 0 Å². The number of aromatic nitrogens is 2. The number of likely N-dealkylation sites (tertiary alicyclic amines) is 1. The van der Waals surface area contributed by atoms with Gasteiger partial charge in [-0.25, -0.2) is 19.6 Å². The number of piperazine rings is 1. The summed E-state index contributed by atoms with van der Waals surface area (Å²) in [6.07, 6.45) is 6.00. The van der Waals surface area contributed by atoms with E-state index in [-0.39, 0.29) is 30.9 Å².